The molecule has 0 unspecified atom stereocenters. The molecule has 3 atom stereocenters. The van der Waals surface area contributed by atoms with Crippen LogP contribution in [0.4, 0.5) is 4.79 Å². The largest absolute Gasteiger partial charge is 0.481 e. The van der Waals surface area contributed by atoms with Gasteiger partial charge in [0.05, 0.1) is 18.6 Å². The minimum atomic E-state index is -0.747. The molecule has 0 aromatic rings. The van der Waals surface area contributed by atoms with E-state index in [4.69, 9.17) is 11.5 Å². The van der Waals surface area contributed by atoms with Gasteiger partial charge in [-0.15, -0.1) is 6.42 Å². The molecule has 2 amide bonds. The van der Waals surface area contributed by atoms with Gasteiger partial charge in [-0.05, 0) is 12.8 Å². The summed E-state index contributed by atoms with van der Waals surface area (Å²) in [4.78, 5) is 24.0. The molecule has 2 aliphatic rings. The first-order chi connectivity index (χ1) is 9.13. The minimum Gasteiger partial charge on any atom is -0.481 e. The number of thioether (sulfide) groups is 1. The second kappa shape index (κ2) is 6.20. The Bertz CT molecular complexity index is 407. The number of hydrogen-bond acceptors (Lipinski definition) is 3. The number of nitrogens with one attached hydrogen (secondary N) is 1. The smallest absolute Gasteiger partial charge is 0.318 e. The van der Waals surface area contributed by atoms with E-state index >= 15 is 0 Å². The van der Waals surface area contributed by atoms with Crippen molar-refractivity contribution in [1.82, 2.24) is 10.2 Å². The van der Waals surface area contributed by atoms with Gasteiger partial charge in [0.2, 0.25) is 0 Å². The maximum Gasteiger partial charge on any atom is 0.318 e. The molecule has 2 aliphatic heterocycles. The number of hydrogen-bond donors (Lipinski definition) is 2. The maximum atomic E-state index is 11.8. The third-order valence-electron chi connectivity index (χ3n) is 3.60. The zero-order chi connectivity index (χ0) is 13.8. The average molecular weight is 282 g/mol. The Morgan fingerprint density at radius 3 is 3.05 bits per heavy atom. The average Bonchev–Trinajstić information content (AvgIpc) is 2.87. The lowest BCUT2D eigenvalue weighted by molar-refractivity contribution is -0.137. The number of carboxylic acid groups (broad SMARTS) is 1. The molecule has 19 heavy (non-hydrogen) atoms. The van der Waals surface area contributed by atoms with Crippen LogP contribution in [0.5, 0.6) is 0 Å². The molecule has 2 N–H and O–H groups in total. The minimum absolute atomic E-state index is 0.0659. The van der Waals surface area contributed by atoms with Crippen molar-refractivity contribution in [3.8, 4) is 12.3 Å². The second-order valence-corrected chi connectivity index (χ2v) is 6.16. The number of carbonyl (C=O) groups excluding carboxylic acids is 1. The lowest BCUT2D eigenvalue weighted by Crippen LogP contribution is -2.41. The Balaban J connectivity index is 1.86. The van der Waals surface area contributed by atoms with Crippen LogP contribution in [0.3, 0.4) is 0 Å². The highest BCUT2D eigenvalue weighted by atomic mass is 32.2. The molecule has 0 radical (unpaired) electrons. The molecule has 0 spiro atoms. The van der Waals surface area contributed by atoms with Gasteiger partial charge in [-0.2, -0.15) is 11.8 Å². The van der Waals surface area contributed by atoms with Crippen molar-refractivity contribution in [1.29, 1.82) is 0 Å². The van der Waals surface area contributed by atoms with Crippen molar-refractivity contribution >= 4 is 23.8 Å². The number of unbranched alkanes of at least 4 members (excludes halogenated alkanes) is 1. The highest BCUT2D eigenvalue weighted by molar-refractivity contribution is 8.00. The number of urea groups is 1. The zero-order valence-corrected chi connectivity index (χ0v) is 11.5. The third kappa shape index (κ3) is 3.16. The SMILES string of the molecule is C#CCN1C(=O)N[C@H]2CS[C@@H](CCCCC(=O)O)[C@H]21. The molecular weight excluding hydrogens is 264 g/mol. The number of carboxylic acids is 1. The fraction of sp³-hybridized carbons (Fsp3) is 0.692. The van der Waals surface area contributed by atoms with Gasteiger partial charge >= 0.3 is 12.0 Å². The summed E-state index contributed by atoms with van der Waals surface area (Å²) in [6.45, 7) is 0.346. The lowest BCUT2D eigenvalue weighted by atomic mass is 10.0. The van der Waals surface area contributed by atoms with Gasteiger partial charge in [0.15, 0.2) is 0 Å². The summed E-state index contributed by atoms with van der Waals surface area (Å²) in [6.07, 6.45) is 8.04. The van der Waals surface area contributed by atoms with E-state index in [1.807, 2.05) is 11.8 Å². The van der Waals surface area contributed by atoms with Crippen LogP contribution in [-0.2, 0) is 4.79 Å². The first kappa shape index (κ1) is 14.1. The molecule has 2 fully saturated rings. The number of aliphatic carboxylic acids is 1. The Labute approximate surface area is 117 Å². The van der Waals surface area contributed by atoms with Crippen molar-refractivity contribution in [3.63, 3.8) is 0 Å². The summed E-state index contributed by atoms with van der Waals surface area (Å²) in [5, 5.41) is 11.9. The normalized spacial score (nSPS) is 28.9. The molecule has 2 heterocycles. The molecule has 0 bridgehead atoms. The molecule has 104 valence electrons. The number of terminal acetylenes is 1. The fourth-order valence-electron chi connectivity index (χ4n) is 2.76. The van der Waals surface area contributed by atoms with Crippen LogP contribution in [0, 0.1) is 12.3 Å². The van der Waals surface area contributed by atoms with Gasteiger partial charge in [0.25, 0.3) is 0 Å². The molecule has 0 saturated carbocycles. The predicted molar refractivity (Wildman–Crippen MR) is 74.0 cm³/mol. The number of fused-ring (bicyclic) bond motifs is 1. The van der Waals surface area contributed by atoms with E-state index in [0.717, 1.165) is 18.6 Å². The van der Waals surface area contributed by atoms with Crippen LogP contribution in [0.1, 0.15) is 25.7 Å². The molecule has 2 saturated heterocycles. The number of nitrogens with zero attached hydrogens (tertiary/aromatic N) is 1. The van der Waals surface area contributed by atoms with Gasteiger partial charge in [-0.1, -0.05) is 12.3 Å². The molecule has 2 rings (SSSR count). The molecule has 0 aromatic heterocycles. The van der Waals surface area contributed by atoms with Crippen LogP contribution < -0.4 is 5.32 Å². The van der Waals surface area contributed by atoms with Crippen LogP contribution in [0.25, 0.3) is 0 Å². The van der Waals surface area contributed by atoms with Crippen LogP contribution in [0.15, 0.2) is 0 Å². The van der Waals surface area contributed by atoms with E-state index in [-0.39, 0.29) is 24.5 Å². The van der Waals surface area contributed by atoms with E-state index < -0.39 is 5.97 Å². The Kier molecular flexibility index (Phi) is 4.59. The van der Waals surface area contributed by atoms with Gasteiger partial charge in [-0.25, -0.2) is 4.79 Å². The summed E-state index contributed by atoms with van der Waals surface area (Å²) in [6, 6.07) is 0.289. The van der Waals surface area contributed by atoms with E-state index in [2.05, 4.69) is 11.2 Å². The van der Waals surface area contributed by atoms with Gasteiger partial charge in [0.1, 0.15) is 0 Å². The van der Waals surface area contributed by atoms with E-state index in [1.54, 1.807) is 4.90 Å². The van der Waals surface area contributed by atoms with Crippen molar-refractivity contribution in [3.05, 3.63) is 0 Å². The Hall–Kier alpha value is -1.35. The number of rotatable bonds is 6. The van der Waals surface area contributed by atoms with E-state index in [9.17, 15) is 9.59 Å². The Morgan fingerprint density at radius 1 is 1.58 bits per heavy atom. The number of carbonyl (C=O) groups is 2. The second-order valence-electron chi connectivity index (χ2n) is 4.89. The predicted octanol–water partition coefficient (Wildman–Crippen LogP) is 1.14. The van der Waals surface area contributed by atoms with E-state index in [1.165, 1.54) is 0 Å². The first-order valence-corrected chi connectivity index (χ1v) is 7.52. The van der Waals surface area contributed by atoms with Crippen molar-refractivity contribution in [2.24, 2.45) is 0 Å². The molecular formula is C13H18N2O3S. The van der Waals surface area contributed by atoms with Crippen molar-refractivity contribution < 1.29 is 14.7 Å². The summed E-state index contributed by atoms with van der Waals surface area (Å²) < 4.78 is 0. The summed E-state index contributed by atoms with van der Waals surface area (Å²) in [5.41, 5.74) is 0. The van der Waals surface area contributed by atoms with Crippen LogP contribution in [-0.4, -0.2) is 51.6 Å². The fourth-order valence-corrected chi connectivity index (χ4v) is 4.36. The quantitative estimate of drug-likeness (QED) is 0.435. The molecule has 6 heteroatoms. The summed E-state index contributed by atoms with van der Waals surface area (Å²) in [5.74, 6) is 2.70. The topological polar surface area (TPSA) is 69.6 Å². The van der Waals surface area contributed by atoms with Crippen LogP contribution >= 0.6 is 11.8 Å². The van der Waals surface area contributed by atoms with Crippen LogP contribution in [0.2, 0.25) is 0 Å². The van der Waals surface area contributed by atoms with Crippen molar-refractivity contribution in [2.45, 2.75) is 43.0 Å². The maximum absolute atomic E-state index is 11.8. The number of amides is 2. The van der Waals surface area contributed by atoms with E-state index in [0.29, 0.717) is 18.2 Å². The molecule has 5 nitrogen and oxygen atoms in total. The first-order valence-electron chi connectivity index (χ1n) is 6.47. The molecule has 0 aromatic carbocycles. The van der Waals surface area contributed by atoms with Gasteiger partial charge in [0, 0.05) is 17.4 Å². The molecule has 0 aliphatic carbocycles. The summed E-state index contributed by atoms with van der Waals surface area (Å²) >= 11 is 1.85. The van der Waals surface area contributed by atoms with Gasteiger partial charge in [-0.3, -0.25) is 4.79 Å². The lowest BCUT2D eigenvalue weighted by Gasteiger charge is -2.25. The Morgan fingerprint density at radius 2 is 2.37 bits per heavy atom. The van der Waals surface area contributed by atoms with Gasteiger partial charge < -0.3 is 15.3 Å². The monoisotopic (exact) mass is 282 g/mol. The third-order valence-corrected chi connectivity index (χ3v) is 5.10. The highest BCUT2D eigenvalue weighted by Crippen LogP contribution is 2.37. The van der Waals surface area contributed by atoms with Crippen molar-refractivity contribution in [2.75, 3.05) is 12.3 Å². The standard InChI is InChI=1S/C13H18N2O3S/c1-2-7-15-12-9(14-13(15)18)8-19-10(12)5-3-4-6-11(16)17/h1,9-10,12H,3-8H2,(H,14,18)(H,16,17)/t9-,10-,12-/m0/s1. The highest BCUT2D eigenvalue weighted by Gasteiger charge is 2.47. The zero-order valence-electron chi connectivity index (χ0n) is 10.7. The summed E-state index contributed by atoms with van der Waals surface area (Å²) in [7, 11) is 0.